The molecule has 0 saturated heterocycles. The van der Waals surface area contributed by atoms with Gasteiger partial charge in [0.05, 0.1) is 12.1 Å². The Hall–Kier alpha value is -1.58. The second kappa shape index (κ2) is 4.33. The SMILES string of the molecule is C=CCNC(=O)Cc1ccon1. The minimum absolute atomic E-state index is 0.0798. The van der Waals surface area contributed by atoms with Crippen LogP contribution in [0.25, 0.3) is 0 Å². The Morgan fingerprint density at radius 2 is 2.67 bits per heavy atom. The molecule has 1 heterocycles. The van der Waals surface area contributed by atoms with Crippen LogP contribution in [0.1, 0.15) is 5.69 Å². The van der Waals surface area contributed by atoms with Crippen LogP contribution in [0.15, 0.2) is 29.5 Å². The Morgan fingerprint density at radius 3 is 3.25 bits per heavy atom. The van der Waals surface area contributed by atoms with E-state index in [9.17, 15) is 4.79 Å². The summed E-state index contributed by atoms with van der Waals surface area (Å²) in [5.74, 6) is -0.0798. The minimum Gasteiger partial charge on any atom is -0.364 e. The number of aromatic nitrogens is 1. The van der Waals surface area contributed by atoms with Gasteiger partial charge in [0.1, 0.15) is 6.26 Å². The first-order valence-corrected chi connectivity index (χ1v) is 3.60. The van der Waals surface area contributed by atoms with Crippen LogP contribution >= 0.6 is 0 Å². The van der Waals surface area contributed by atoms with Crippen LogP contribution in [0.4, 0.5) is 0 Å². The van der Waals surface area contributed by atoms with Crippen molar-refractivity contribution in [3.05, 3.63) is 30.7 Å². The summed E-state index contributed by atoms with van der Waals surface area (Å²) in [6.07, 6.45) is 3.32. The smallest absolute Gasteiger partial charge is 0.226 e. The van der Waals surface area contributed by atoms with Crippen molar-refractivity contribution in [3.63, 3.8) is 0 Å². The van der Waals surface area contributed by atoms with Crippen LogP contribution in [0, 0.1) is 0 Å². The van der Waals surface area contributed by atoms with E-state index in [-0.39, 0.29) is 12.3 Å². The van der Waals surface area contributed by atoms with Crippen LogP contribution in [-0.4, -0.2) is 17.6 Å². The molecular weight excluding hydrogens is 156 g/mol. The van der Waals surface area contributed by atoms with E-state index < -0.39 is 0 Å². The van der Waals surface area contributed by atoms with E-state index in [0.717, 1.165) is 0 Å². The van der Waals surface area contributed by atoms with Crippen LogP contribution in [-0.2, 0) is 11.2 Å². The first-order valence-electron chi connectivity index (χ1n) is 3.60. The lowest BCUT2D eigenvalue weighted by atomic mass is 10.3. The van der Waals surface area contributed by atoms with Crippen molar-refractivity contribution in [1.82, 2.24) is 10.5 Å². The molecule has 0 radical (unpaired) electrons. The first-order chi connectivity index (χ1) is 5.83. The number of hydrogen-bond acceptors (Lipinski definition) is 3. The summed E-state index contributed by atoms with van der Waals surface area (Å²) in [6.45, 7) is 3.96. The predicted octanol–water partition coefficient (Wildman–Crippen LogP) is 0.519. The summed E-state index contributed by atoms with van der Waals surface area (Å²) in [5.41, 5.74) is 0.636. The Morgan fingerprint density at radius 1 is 1.83 bits per heavy atom. The number of nitrogens with zero attached hydrogens (tertiary/aromatic N) is 1. The summed E-state index contributed by atoms with van der Waals surface area (Å²) in [5, 5.41) is 6.23. The molecule has 0 fully saturated rings. The van der Waals surface area contributed by atoms with Gasteiger partial charge >= 0.3 is 0 Å². The lowest BCUT2D eigenvalue weighted by molar-refractivity contribution is -0.120. The fourth-order valence-corrected chi connectivity index (χ4v) is 0.742. The zero-order valence-electron chi connectivity index (χ0n) is 6.62. The zero-order chi connectivity index (χ0) is 8.81. The second-order valence-electron chi connectivity index (χ2n) is 2.26. The second-order valence-corrected chi connectivity index (χ2v) is 2.26. The molecule has 4 nitrogen and oxygen atoms in total. The van der Waals surface area contributed by atoms with Crippen molar-refractivity contribution < 1.29 is 9.32 Å². The van der Waals surface area contributed by atoms with Crippen molar-refractivity contribution in [3.8, 4) is 0 Å². The highest BCUT2D eigenvalue weighted by Crippen LogP contribution is 1.94. The number of nitrogens with one attached hydrogen (secondary N) is 1. The van der Waals surface area contributed by atoms with Crippen molar-refractivity contribution in [2.75, 3.05) is 6.54 Å². The molecular formula is C8H10N2O2. The molecule has 1 N–H and O–H groups in total. The van der Waals surface area contributed by atoms with Crippen LogP contribution in [0.2, 0.25) is 0 Å². The third-order valence-corrected chi connectivity index (χ3v) is 1.28. The molecule has 0 bridgehead atoms. The van der Waals surface area contributed by atoms with Gasteiger partial charge in [0.2, 0.25) is 5.91 Å². The fraction of sp³-hybridized carbons (Fsp3) is 0.250. The fourth-order valence-electron chi connectivity index (χ4n) is 0.742. The molecule has 0 aromatic carbocycles. The van der Waals surface area contributed by atoms with Crippen molar-refractivity contribution in [1.29, 1.82) is 0 Å². The molecule has 1 amide bonds. The van der Waals surface area contributed by atoms with Gasteiger partial charge in [-0.05, 0) is 0 Å². The third kappa shape index (κ3) is 2.57. The van der Waals surface area contributed by atoms with E-state index in [2.05, 4.69) is 21.6 Å². The van der Waals surface area contributed by atoms with Gasteiger partial charge in [0.15, 0.2) is 0 Å². The van der Waals surface area contributed by atoms with Gasteiger partial charge in [-0.15, -0.1) is 6.58 Å². The molecule has 4 heteroatoms. The highest BCUT2D eigenvalue weighted by molar-refractivity contribution is 5.78. The van der Waals surface area contributed by atoms with E-state index in [4.69, 9.17) is 0 Å². The van der Waals surface area contributed by atoms with Gasteiger partial charge < -0.3 is 9.84 Å². The zero-order valence-corrected chi connectivity index (χ0v) is 6.62. The summed E-state index contributed by atoms with van der Waals surface area (Å²) in [7, 11) is 0. The molecule has 0 spiro atoms. The van der Waals surface area contributed by atoms with E-state index in [1.54, 1.807) is 12.1 Å². The Bertz CT molecular complexity index is 254. The van der Waals surface area contributed by atoms with Gasteiger partial charge in [-0.3, -0.25) is 4.79 Å². The van der Waals surface area contributed by atoms with Gasteiger partial charge in [0, 0.05) is 12.6 Å². The molecule has 0 aliphatic rings. The number of rotatable bonds is 4. The maximum absolute atomic E-state index is 11.0. The summed E-state index contributed by atoms with van der Waals surface area (Å²) < 4.78 is 4.57. The van der Waals surface area contributed by atoms with Gasteiger partial charge in [-0.2, -0.15) is 0 Å². The van der Waals surface area contributed by atoms with E-state index in [1.807, 2.05) is 0 Å². The van der Waals surface area contributed by atoms with Crippen LogP contribution in [0.3, 0.4) is 0 Å². The summed E-state index contributed by atoms with van der Waals surface area (Å²) >= 11 is 0. The molecule has 0 atom stereocenters. The molecule has 0 aliphatic carbocycles. The molecule has 12 heavy (non-hydrogen) atoms. The third-order valence-electron chi connectivity index (χ3n) is 1.28. The van der Waals surface area contributed by atoms with Crippen molar-refractivity contribution in [2.24, 2.45) is 0 Å². The molecule has 1 aromatic rings. The van der Waals surface area contributed by atoms with Gasteiger partial charge in [0.25, 0.3) is 0 Å². The molecule has 1 rings (SSSR count). The van der Waals surface area contributed by atoms with Crippen LogP contribution in [0.5, 0.6) is 0 Å². The van der Waals surface area contributed by atoms with E-state index >= 15 is 0 Å². The molecule has 0 unspecified atom stereocenters. The van der Waals surface area contributed by atoms with Gasteiger partial charge in [-0.25, -0.2) is 0 Å². The topological polar surface area (TPSA) is 55.1 Å². The minimum atomic E-state index is -0.0798. The van der Waals surface area contributed by atoms with Crippen molar-refractivity contribution in [2.45, 2.75) is 6.42 Å². The lowest BCUT2D eigenvalue weighted by Gasteiger charge is -1.97. The lowest BCUT2D eigenvalue weighted by Crippen LogP contribution is -2.24. The highest BCUT2D eigenvalue weighted by atomic mass is 16.5. The Balaban J connectivity index is 2.32. The largest absolute Gasteiger partial charge is 0.364 e. The number of carbonyl (C=O) groups excluding carboxylic acids is 1. The summed E-state index contributed by atoms with van der Waals surface area (Å²) in [6, 6.07) is 1.66. The highest BCUT2D eigenvalue weighted by Gasteiger charge is 2.03. The maximum Gasteiger partial charge on any atom is 0.226 e. The molecule has 64 valence electrons. The Labute approximate surface area is 70.2 Å². The summed E-state index contributed by atoms with van der Waals surface area (Å²) in [4.78, 5) is 11.0. The Kier molecular flexibility index (Phi) is 3.07. The standard InChI is InChI=1S/C8H10N2O2/c1-2-4-9-8(11)6-7-3-5-12-10-7/h2-3,5H,1,4,6H2,(H,9,11). The van der Waals surface area contributed by atoms with E-state index in [0.29, 0.717) is 12.2 Å². The number of carbonyl (C=O) groups is 1. The predicted molar refractivity (Wildman–Crippen MR) is 43.4 cm³/mol. The monoisotopic (exact) mass is 166 g/mol. The molecule has 1 aromatic heterocycles. The van der Waals surface area contributed by atoms with E-state index in [1.165, 1.54) is 6.26 Å². The first kappa shape index (κ1) is 8.52. The average molecular weight is 166 g/mol. The number of hydrogen-bond donors (Lipinski definition) is 1. The number of amides is 1. The van der Waals surface area contributed by atoms with Gasteiger partial charge in [-0.1, -0.05) is 11.2 Å². The molecule has 0 saturated carbocycles. The quantitative estimate of drug-likeness (QED) is 0.663. The normalized spacial score (nSPS) is 9.33. The van der Waals surface area contributed by atoms with Crippen LogP contribution < -0.4 is 5.32 Å². The van der Waals surface area contributed by atoms with Crippen molar-refractivity contribution >= 4 is 5.91 Å². The molecule has 0 aliphatic heterocycles. The maximum atomic E-state index is 11.0. The average Bonchev–Trinajstić information content (AvgIpc) is 2.53.